The third kappa shape index (κ3) is 5.38. The van der Waals surface area contributed by atoms with Gasteiger partial charge in [-0.3, -0.25) is 9.48 Å². The fourth-order valence-corrected chi connectivity index (χ4v) is 1.37. The van der Waals surface area contributed by atoms with Gasteiger partial charge in [0.2, 0.25) is 5.91 Å². The van der Waals surface area contributed by atoms with E-state index in [9.17, 15) is 4.79 Å². The van der Waals surface area contributed by atoms with Crippen LogP contribution in [0.4, 0.5) is 5.82 Å². The Kier molecular flexibility index (Phi) is 5.52. The van der Waals surface area contributed by atoms with Gasteiger partial charge in [-0.25, -0.2) is 0 Å². The summed E-state index contributed by atoms with van der Waals surface area (Å²) in [7, 11) is 0. The van der Waals surface area contributed by atoms with Crippen molar-refractivity contribution in [3.63, 3.8) is 0 Å². The number of hydrogen-bond acceptors (Lipinski definition) is 3. The highest BCUT2D eigenvalue weighted by atomic mass is 16.1. The Labute approximate surface area is 103 Å². The second kappa shape index (κ2) is 6.93. The summed E-state index contributed by atoms with van der Waals surface area (Å²) in [5.74, 6) is 1.37. The van der Waals surface area contributed by atoms with Gasteiger partial charge in [0.05, 0.1) is 6.54 Å². The summed E-state index contributed by atoms with van der Waals surface area (Å²) in [6.45, 7) is 8.15. The van der Waals surface area contributed by atoms with Crippen molar-refractivity contribution < 1.29 is 4.79 Å². The van der Waals surface area contributed by atoms with E-state index in [1.807, 2.05) is 23.9 Å². The quantitative estimate of drug-likeness (QED) is 0.756. The summed E-state index contributed by atoms with van der Waals surface area (Å²) in [6, 6.07) is 1.87. The van der Waals surface area contributed by atoms with Crippen molar-refractivity contribution in [1.29, 1.82) is 0 Å². The SMILES string of the molecule is CCn1ccc(NCC(=O)NCCC(C)C)n1. The zero-order chi connectivity index (χ0) is 12.7. The number of aromatic nitrogens is 2. The lowest BCUT2D eigenvalue weighted by atomic mass is 10.1. The molecular formula is C12H22N4O. The van der Waals surface area contributed by atoms with Crippen molar-refractivity contribution in [2.24, 2.45) is 5.92 Å². The fraction of sp³-hybridized carbons (Fsp3) is 0.667. The molecule has 0 bridgehead atoms. The Morgan fingerprint density at radius 3 is 2.88 bits per heavy atom. The van der Waals surface area contributed by atoms with E-state index in [0.717, 1.165) is 25.3 Å². The average Bonchev–Trinajstić information content (AvgIpc) is 2.73. The summed E-state index contributed by atoms with van der Waals surface area (Å²) >= 11 is 0. The first-order chi connectivity index (χ1) is 8.11. The van der Waals surface area contributed by atoms with Crippen LogP contribution in [-0.4, -0.2) is 28.8 Å². The summed E-state index contributed by atoms with van der Waals surface area (Å²) in [5.41, 5.74) is 0. The van der Waals surface area contributed by atoms with Crippen molar-refractivity contribution in [3.05, 3.63) is 12.3 Å². The van der Waals surface area contributed by atoms with E-state index in [0.29, 0.717) is 5.92 Å². The molecule has 1 aromatic heterocycles. The molecule has 0 aliphatic carbocycles. The van der Waals surface area contributed by atoms with E-state index in [4.69, 9.17) is 0 Å². The number of amides is 1. The van der Waals surface area contributed by atoms with Gasteiger partial charge in [-0.15, -0.1) is 0 Å². The predicted octanol–water partition coefficient (Wildman–Crippen LogP) is 1.48. The number of nitrogens with zero attached hydrogens (tertiary/aromatic N) is 2. The molecule has 0 aliphatic heterocycles. The number of carbonyl (C=O) groups is 1. The Morgan fingerprint density at radius 1 is 1.53 bits per heavy atom. The van der Waals surface area contributed by atoms with Crippen molar-refractivity contribution in [1.82, 2.24) is 15.1 Å². The van der Waals surface area contributed by atoms with Gasteiger partial charge in [0.25, 0.3) is 0 Å². The lowest BCUT2D eigenvalue weighted by Gasteiger charge is -2.07. The first kappa shape index (κ1) is 13.5. The summed E-state index contributed by atoms with van der Waals surface area (Å²) in [6.07, 6.45) is 2.90. The van der Waals surface area contributed by atoms with Crippen LogP contribution in [0.5, 0.6) is 0 Å². The van der Waals surface area contributed by atoms with Crippen molar-refractivity contribution in [3.8, 4) is 0 Å². The van der Waals surface area contributed by atoms with Crippen LogP contribution in [0.15, 0.2) is 12.3 Å². The van der Waals surface area contributed by atoms with Gasteiger partial charge < -0.3 is 10.6 Å². The number of nitrogens with one attached hydrogen (secondary N) is 2. The summed E-state index contributed by atoms with van der Waals surface area (Å²) < 4.78 is 1.82. The molecule has 17 heavy (non-hydrogen) atoms. The Morgan fingerprint density at radius 2 is 2.29 bits per heavy atom. The molecule has 0 fully saturated rings. The maximum atomic E-state index is 11.5. The molecule has 0 aliphatic rings. The van der Waals surface area contributed by atoms with Gasteiger partial charge in [-0.2, -0.15) is 5.10 Å². The Bertz CT molecular complexity index is 346. The first-order valence-electron chi connectivity index (χ1n) is 6.15. The van der Waals surface area contributed by atoms with Crippen LogP contribution in [-0.2, 0) is 11.3 Å². The molecular weight excluding hydrogens is 216 g/mol. The number of anilines is 1. The van der Waals surface area contributed by atoms with Crippen LogP contribution in [0.25, 0.3) is 0 Å². The van der Waals surface area contributed by atoms with Crippen LogP contribution in [0.1, 0.15) is 27.2 Å². The molecule has 5 heteroatoms. The normalized spacial score (nSPS) is 10.6. The van der Waals surface area contributed by atoms with Crippen LogP contribution in [0.3, 0.4) is 0 Å². The van der Waals surface area contributed by atoms with Crippen LogP contribution < -0.4 is 10.6 Å². The van der Waals surface area contributed by atoms with Crippen molar-refractivity contribution in [2.75, 3.05) is 18.4 Å². The lowest BCUT2D eigenvalue weighted by Crippen LogP contribution is -2.31. The lowest BCUT2D eigenvalue weighted by molar-refractivity contribution is -0.119. The summed E-state index contributed by atoms with van der Waals surface area (Å²) in [5, 5.41) is 10.1. The minimum Gasteiger partial charge on any atom is -0.360 e. The molecule has 96 valence electrons. The van der Waals surface area contributed by atoms with E-state index in [2.05, 4.69) is 29.6 Å². The number of aryl methyl sites for hydroxylation is 1. The zero-order valence-corrected chi connectivity index (χ0v) is 10.9. The Hall–Kier alpha value is -1.52. The number of rotatable bonds is 7. The molecule has 5 nitrogen and oxygen atoms in total. The third-order valence-corrected chi connectivity index (χ3v) is 2.44. The highest BCUT2D eigenvalue weighted by Crippen LogP contribution is 2.01. The van der Waals surface area contributed by atoms with Crippen LogP contribution in [0, 0.1) is 5.92 Å². The monoisotopic (exact) mass is 238 g/mol. The largest absolute Gasteiger partial charge is 0.360 e. The molecule has 0 unspecified atom stereocenters. The van der Waals surface area contributed by atoms with E-state index in [1.54, 1.807) is 0 Å². The molecule has 0 radical (unpaired) electrons. The highest BCUT2D eigenvalue weighted by molar-refractivity contribution is 5.80. The molecule has 0 spiro atoms. The Balaban J connectivity index is 2.19. The molecule has 0 atom stereocenters. The standard InChI is InChI=1S/C12H22N4O/c1-4-16-8-6-11(15-16)14-9-12(17)13-7-5-10(2)3/h6,8,10H,4-5,7,9H2,1-3H3,(H,13,17)(H,14,15). The predicted molar refractivity (Wildman–Crippen MR) is 68.9 cm³/mol. The topological polar surface area (TPSA) is 59.0 Å². The number of hydrogen-bond donors (Lipinski definition) is 2. The second-order valence-electron chi connectivity index (χ2n) is 4.44. The fourth-order valence-electron chi connectivity index (χ4n) is 1.37. The van der Waals surface area contributed by atoms with Gasteiger partial charge >= 0.3 is 0 Å². The molecule has 1 amide bonds. The highest BCUT2D eigenvalue weighted by Gasteiger charge is 2.02. The van der Waals surface area contributed by atoms with Crippen molar-refractivity contribution >= 4 is 11.7 Å². The van der Waals surface area contributed by atoms with Gasteiger partial charge in [0.1, 0.15) is 5.82 Å². The molecule has 1 aromatic rings. The van der Waals surface area contributed by atoms with Gasteiger partial charge in [0, 0.05) is 25.4 Å². The first-order valence-corrected chi connectivity index (χ1v) is 6.15. The van der Waals surface area contributed by atoms with E-state index in [1.165, 1.54) is 0 Å². The van der Waals surface area contributed by atoms with Crippen LogP contribution >= 0.6 is 0 Å². The maximum Gasteiger partial charge on any atom is 0.239 e. The van der Waals surface area contributed by atoms with E-state index >= 15 is 0 Å². The van der Waals surface area contributed by atoms with Gasteiger partial charge in [-0.05, 0) is 19.3 Å². The van der Waals surface area contributed by atoms with E-state index < -0.39 is 0 Å². The van der Waals surface area contributed by atoms with Crippen molar-refractivity contribution in [2.45, 2.75) is 33.7 Å². The summed E-state index contributed by atoms with van der Waals surface area (Å²) in [4.78, 5) is 11.5. The van der Waals surface area contributed by atoms with Gasteiger partial charge in [0.15, 0.2) is 0 Å². The van der Waals surface area contributed by atoms with Gasteiger partial charge in [-0.1, -0.05) is 13.8 Å². The number of carbonyl (C=O) groups excluding carboxylic acids is 1. The minimum atomic E-state index is 0.0108. The molecule has 2 N–H and O–H groups in total. The molecule has 0 saturated heterocycles. The molecule has 0 saturated carbocycles. The molecule has 1 rings (SSSR count). The third-order valence-electron chi connectivity index (χ3n) is 2.44. The smallest absolute Gasteiger partial charge is 0.239 e. The minimum absolute atomic E-state index is 0.0108. The second-order valence-corrected chi connectivity index (χ2v) is 4.44. The average molecular weight is 238 g/mol. The zero-order valence-electron chi connectivity index (χ0n) is 10.9. The van der Waals surface area contributed by atoms with Crippen LogP contribution in [0.2, 0.25) is 0 Å². The van der Waals surface area contributed by atoms with E-state index in [-0.39, 0.29) is 12.5 Å². The molecule has 0 aromatic carbocycles. The maximum absolute atomic E-state index is 11.5. The molecule has 1 heterocycles.